The van der Waals surface area contributed by atoms with Crippen LogP contribution >= 0.6 is 0 Å². The van der Waals surface area contributed by atoms with Crippen molar-refractivity contribution in [2.24, 2.45) is 0 Å². The molecule has 0 spiro atoms. The normalized spacial score (nSPS) is 11.3. The molecule has 156 valence electrons. The predicted molar refractivity (Wildman–Crippen MR) is 95.0 cm³/mol. The number of aromatic nitrogens is 2. The van der Waals surface area contributed by atoms with Crippen LogP contribution in [0.1, 0.15) is 39.9 Å². The van der Waals surface area contributed by atoms with Gasteiger partial charge in [0.05, 0.1) is 0 Å². The number of halogens is 4. The van der Waals surface area contributed by atoms with Crippen LogP contribution in [0.5, 0.6) is 5.88 Å². The van der Waals surface area contributed by atoms with Gasteiger partial charge in [-0.3, -0.25) is 14.6 Å². The fraction of sp³-hybridized carbons (Fsp3) is 0.368. The van der Waals surface area contributed by atoms with Gasteiger partial charge in [0.15, 0.2) is 12.4 Å². The number of nitrogens with one attached hydrogen (secondary N) is 1. The molecule has 10 heteroatoms. The third kappa shape index (κ3) is 6.81. The summed E-state index contributed by atoms with van der Waals surface area (Å²) in [5.41, 5.74) is 1.80. The highest BCUT2D eigenvalue weighted by molar-refractivity contribution is 5.94. The molecule has 2 rings (SSSR count). The van der Waals surface area contributed by atoms with Gasteiger partial charge in [-0.25, -0.2) is 9.37 Å². The standard InChI is InChI=1S/C19H19F4N3O3/c1-10-4-13(6-15(25-10)5-11(2)27)17(28)24-8-14-7-16(20)18(26-12(14)3)29-9-19(21,22)23/h4,6-7H,5,8-9H2,1-3H3,(H,24,28). The fourth-order valence-corrected chi connectivity index (χ4v) is 2.52. The Hall–Kier alpha value is -3.04. The minimum atomic E-state index is -4.61. The molecule has 2 heterocycles. The van der Waals surface area contributed by atoms with Crippen molar-refractivity contribution in [1.29, 1.82) is 0 Å². The van der Waals surface area contributed by atoms with Gasteiger partial charge in [0.25, 0.3) is 11.8 Å². The van der Waals surface area contributed by atoms with Crippen LogP contribution in [0.3, 0.4) is 0 Å². The van der Waals surface area contributed by atoms with E-state index >= 15 is 0 Å². The van der Waals surface area contributed by atoms with Gasteiger partial charge in [0, 0.05) is 35.6 Å². The number of ether oxygens (including phenoxy) is 1. The SMILES string of the molecule is CC(=O)Cc1cc(C(=O)NCc2cc(F)c(OCC(F)(F)F)nc2C)cc(C)n1. The zero-order chi connectivity index (χ0) is 21.8. The van der Waals surface area contributed by atoms with E-state index in [1.54, 1.807) is 13.0 Å². The Morgan fingerprint density at radius 3 is 2.45 bits per heavy atom. The Morgan fingerprint density at radius 2 is 1.83 bits per heavy atom. The van der Waals surface area contributed by atoms with E-state index in [4.69, 9.17) is 0 Å². The molecule has 0 unspecified atom stereocenters. The topological polar surface area (TPSA) is 81.2 Å². The zero-order valence-electron chi connectivity index (χ0n) is 16.0. The van der Waals surface area contributed by atoms with Gasteiger partial charge >= 0.3 is 6.18 Å². The van der Waals surface area contributed by atoms with Crippen LogP contribution in [0.4, 0.5) is 17.6 Å². The van der Waals surface area contributed by atoms with Crippen molar-refractivity contribution in [3.05, 3.63) is 52.2 Å². The highest BCUT2D eigenvalue weighted by Gasteiger charge is 2.29. The summed E-state index contributed by atoms with van der Waals surface area (Å²) in [4.78, 5) is 31.5. The van der Waals surface area contributed by atoms with Gasteiger partial charge in [-0.2, -0.15) is 13.2 Å². The lowest BCUT2D eigenvalue weighted by atomic mass is 10.1. The molecule has 0 aliphatic heterocycles. The van der Waals surface area contributed by atoms with E-state index in [9.17, 15) is 27.2 Å². The summed E-state index contributed by atoms with van der Waals surface area (Å²) in [6.07, 6.45) is -4.52. The molecule has 0 saturated carbocycles. The van der Waals surface area contributed by atoms with E-state index in [-0.39, 0.29) is 35.6 Å². The number of hydrogen-bond donors (Lipinski definition) is 1. The molecule has 2 aromatic rings. The summed E-state index contributed by atoms with van der Waals surface area (Å²) >= 11 is 0. The zero-order valence-corrected chi connectivity index (χ0v) is 16.0. The first-order chi connectivity index (χ1) is 13.4. The molecular weight excluding hydrogens is 394 g/mol. The molecule has 0 fully saturated rings. The Labute approximate surface area is 164 Å². The minimum Gasteiger partial charge on any atom is -0.466 e. The van der Waals surface area contributed by atoms with Crippen molar-refractivity contribution in [2.45, 2.75) is 39.9 Å². The largest absolute Gasteiger partial charge is 0.466 e. The number of nitrogens with zero attached hydrogens (tertiary/aromatic N) is 2. The second-order valence-electron chi connectivity index (χ2n) is 6.47. The van der Waals surface area contributed by atoms with Gasteiger partial charge in [0.1, 0.15) is 5.78 Å². The number of aryl methyl sites for hydroxylation is 2. The van der Waals surface area contributed by atoms with Crippen molar-refractivity contribution >= 4 is 11.7 Å². The van der Waals surface area contributed by atoms with Gasteiger partial charge in [-0.05, 0) is 44.5 Å². The number of carbonyl (C=O) groups excluding carboxylic acids is 2. The summed E-state index contributed by atoms with van der Waals surface area (Å²) in [6, 6.07) is 4.00. The van der Waals surface area contributed by atoms with E-state index in [0.717, 1.165) is 6.07 Å². The van der Waals surface area contributed by atoms with E-state index in [2.05, 4.69) is 20.0 Å². The maximum absolute atomic E-state index is 14.0. The molecule has 1 N–H and O–H groups in total. The molecule has 0 bridgehead atoms. The van der Waals surface area contributed by atoms with Crippen LogP contribution in [0, 0.1) is 19.7 Å². The van der Waals surface area contributed by atoms with Crippen molar-refractivity contribution in [3.8, 4) is 5.88 Å². The van der Waals surface area contributed by atoms with Crippen LogP contribution in [0.2, 0.25) is 0 Å². The maximum atomic E-state index is 14.0. The molecule has 0 saturated heterocycles. The number of ketones is 1. The van der Waals surface area contributed by atoms with Crippen LogP contribution in [-0.4, -0.2) is 34.4 Å². The van der Waals surface area contributed by atoms with Crippen molar-refractivity contribution in [1.82, 2.24) is 15.3 Å². The number of carbonyl (C=O) groups is 2. The van der Waals surface area contributed by atoms with Crippen molar-refractivity contribution in [2.75, 3.05) is 6.61 Å². The first kappa shape index (κ1) is 22.3. The summed E-state index contributed by atoms with van der Waals surface area (Å²) < 4.78 is 54.9. The lowest BCUT2D eigenvalue weighted by Gasteiger charge is -2.13. The van der Waals surface area contributed by atoms with Gasteiger partial charge in [-0.15, -0.1) is 0 Å². The quantitative estimate of drug-likeness (QED) is 0.705. The summed E-state index contributed by atoms with van der Waals surface area (Å²) in [5.74, 6) is -2.39. The van der Waals surface area contributed by atoms with Gasteiger partial charge < -0.3 is 10.1 Å². The average Bonchev–Trinajstić information content (AvgIpc) is 2.58. The number of amides is 1. The molecular formula is C19H19F4N3O3. The molecule has 0 aliphatic carbocycles. The summed E-state index contributed by atoms with van der Waals surface area (Å²) in [6.45, 7) is 2.80. The summed E-state index contributed by atoms with van der Waals surface area (Å²) in [7, 11) is 0. The fourth-order valence-electron chi connectivity index (χ4n) is 2.52. The van der Waals surface area contributed by atoms with E-state index in [1.807, 2.05) is 0 Å². The Bertz CT molecular complexity index is 930. The molecule has 1 amide bonds. The Kier molecular flexibility index (Phi) is 6.89. The highest BCUT2D eigenvalue weighted by Crippen LogP contribution is 2.21. The first-order valence-corrected chi connectivity index (χ1v) is 8.55. The average molecular weight is 413 g/mol. The molecule has 0 atom stereocenters. The molecule has 6 nitrogen and oxygen atoms in total. The number of rotatable bonds is 7. The molecule has 0 radical (unpaired) electrons. The first-order valence-electron chi connectivity index (χ1n) is 8.55. The van der Waals surface area contributed by atoms with Gasteiger partial charge in [0.2, 0.25) is 0 Å². The smallest absolute Gasteiger partial charge is 0.422 e. The van der Waals surface area contributed by atoms with Crippen LogP contribution in [0.15, 0.2) is 18.2 Å². The Balaban J connectivity index is 2.09. The van der Waals surface area contributed by atoms with Crippen LogP contribution in [-0.2, 0) is 17.8 Å². The second-order valence-corrected chi connectivity index (χ2v) is 6.47. The van der Waals surface area contributed by atoms with Crippen LogP contribution in [0.25, 0.3) is 0 Å². The number of hydrogen-bond acceptors (Lipinski definition) is 5. The number of pyridine rings is 2. The maximum Gasteiger partial charge on any atom is 0.422 e. The number of Topliss-reactive ketones (excluding diaryl/α,β-unsaturated/α-hetero) is 1. The minimum absolute atomic E-state index is 0.0928. The molecule has 2 aromatic heterocycles. The van der Waals surface area contributed by atoms with Gasteiger partial charge in [-0.1, -0.05) is 0 Å². The monoisotopic (exact) mass is 413 g/mol. The van der Waals surface area contributed by atoms with E-state index in [0.29, 0.717) is 11.4 Å². The predicted octanol–water partition coefficient (Wildman–Crippen LogP) is 3.24. The second kappa shape index (κ2) is 8.97. The molecule has 0 aromatic carbocycles. The third-order valence-electron chi connectivity index (χ3n) is 3.75. The number of alkyl halides is 3. The van der Waals surface area contributed by atoms with E-state index < -0.39 is 30.4 Å². The Morgan fingerprint density at radius 1 is 1.14 bits per heavy atom. The van der Waals surface area contributed by atoms with Crippen LogP contribution < -0.4 is 10.1 Å². The summed E-state index contributed by atoms with van der Waals surface area (Å²) in [5, 5.41) is 2.59. The molecule has 0 aliphatic rings. The molecule has 29 heavy (non-hydrogen) atoms. The lowest BCUT2D eigenvalue weighted by Crippen LogP contribution is -2.24. The van der Waals surface area contributed by atoms with Crippen molar-refractivity contribution < 1.29 is 31.9 Å². The third-order valence-corrected chi connectivity index (χ3v) is 3.75. The van der Waals surface area contributed by atoms with E-state index in [1.165, 1.54) is 19.9 Å². The van der Waals surface area contributed by atoms with Crippen molar-refractivity contribution in [3.63, 3.8) is 0 Å². The highest BCUT2D eigenvalue weighted by atomic mass is 19.4. The lowest BCUT2D eigenvalue weighted by molar-refractivity contribution is -0.154.